The predicted octanol–water partition coefficient (Wildman–Crippen LogP) is 2.93. The van der Waals surface area contributed by atoms with Gasteiger partial charge in [0.25, 0.3) is 0 Å². The average molecular weight is 218 g/mol. The van der Waals surface area contributed by atoms with Gasteiger partial charge in [-0.25, -0.2) is 0 Å². The van der Waals surface area contributed by atoms with Crippen LogP contribution in [0.2, 0.25) is 0 Å². The zero-order valence-electron chi connectivity index (χ0n) is 9.57. The van der Waals surface area contributed by atoms with Gasteiger partial charge in [0, 0.05) is 17.5 Å². The van der Waals surface area contributed by atoms with Crippen molar-refractivity contribution >= 4 is 11.0 Å². The molecule has 0 bridgehead atoms. The van der Waals surface area contributed by atoms with Crippen LogP contribution in [0.15, 0.2) is 27.4 Å². The summed E-state index contributed by atoms with van der Waals surface area (Å²) in [6, 6.07) is 4.56. The van der Waals surface area contributed by atoms with Crippen molar-refractivity contribution in [3.63, 3.8) is 0 Å². The first-order valence-corrected chi connectivity index (χ1v) is 5.27. The van der Waals surface area contributed by atoms with Gasteiger partial charge < -0.3 is 9.52 Å². The molecule has 0 saturated heterocycles. The number of hydrogen-bond donors (Lipinski definition) is 1. The summed E-state index contributed by atoms with van der Waals surface area (Å²) >= 11 is 0. The predicted molar refractivity (Wildman–Crippen MR) is 63.0 cm³/mol. The Kier molecular flexibility index (Phi) is 2.46. The van der Waals surface area contributed by atoms with Crippen molar-refractivity contribution in [1.82, 2.24) is 0 Å². The zero-order chi connectivity index (χ0) is 11.9. The number of phenols is 1. The second-order valence-corrected chi connectivity index (χ2v) is 4.26. The average Bonchev–Trinajstić information content (AvgIpc) is 2.22. The molecule has 16 heavy (non-hydrogen) atoms. The van der Waals surface area contributed by atoms with Crippen molar-refractivity contribution in [2.75, 3.05) is 0 Å². The van der Waals surface area contributed by atoms with Crippen molar-refractivity contribution in [1.29, 1.82) is 0 Å². The molecular weight excluding hydrogens is 204 g/mol. The van der Waals surface area contributed by atoms with Gasteiger partial charge in [0.1, 0.15) is 17.1 Å². The molecule has 84 valence electrons. The van der Waals surface area contributed by atoms with E-state index in [-0.39, 0.29) is 17.1 Å². The van der Waals surface area contributed by atoms with E-state index in [4.69, 9.17) is 4.42 Å². The number of benzene rings is 1. The summed E-state index contributed by atoms with van der Waals surface area (Å²) in [5.41, 5.74) is 1.07. The molecule has 0 atom stereocenters. The Labute approximate surface area is 93.3 Å². The highest BCUT2D eigenvalue weighted by Gasteiger charge is 2.13. The number of phenolic OH excluding ortho intramolecular Hbond substituents is 1. The van der Waals surface area contributed by atoms with Crippen LogP contribution in [0.5, 0.6) is 5.75 Å². The maximum absolute atomic E-state index is 12.0. The van der Waals surface area contributed by atoms with E-state index in [0.29, 0.717) is 22.3 Å². The van der Waals surface area contributed by atoms with Crippen molar-refractivity contribution < 1.29 is 9.52 Å². The van der Waals surface area contributed by atoms with Crippen molar-refractivity contribution in [3.05, 3.63) is 39.7 Å². The van der Waals surface area contributed by atoms with Crippen LogP contribution in [-0.4, -0.2) is 5.11 Å². The Bertz CT molecular complexity index is 594. The highest BCUT2D eigenvalue weighted by atomic mass is 16.3. The molecule has 0 radical (unpaired) electrons. The van der Waals surface area contributed by atoms with Crippen LogP contribution in [0.1, 0.15) is 31.1 Å². The Hall–Kier alpha value is -1.77. The molecule has 1 heterocycles. The third kappa shape index (κ3) is 1.58. The van der Waals surface area contributed by atoms with Crippen LogP contribution in [0.25, 0.3) is 11.0 Å². The first kappa shape index (κ1) is 10.7. The van der Waals surface area contributed by atoms with Gasteiger partial charge in [0.05, 0.1) is 5.39 Å². The molecule has 0 fully saturated rings. The minimum atomic E-state index is -0.0232. The summed E-state index contributed by atoms with van der Waals surface area (Å²) in [6.45, 7) is 5.72. The maximum Gasteiger partial charge on any atom is 0.195 e. The lowest BCUT2D eigenvalue weighted by Gasteiger charge is -2.09. The molecule has 0 unspecified atom stereocenters. The molecule has 3 nitrogen and oxygen atoms in total. The summed E-state index contributed by atoms with van der Waals surface area (Å²) in [5, 5.41) is 9.87. The van der Waals surface area contributed by atoms with Gasteiger partial charge in [-0.05, 0) is 19.1 Å². The van der Waals surface area contributed by atoms with Crippen LogP contribution in [0.4, 0.5) is 0 Å². The lowest BCUT2D eigenvalue weighted by molar-refractivity contribution is 0.469. The molecule has 0 amide bonds. The molecule has 1 aromatic carbocycles. The Morgan fingerprint density at radius 3 is 2.62 bits per heavy atom. The molecule has 1 aromatic heterocycles. The number of rotatable bonds is 1. The van der Waals surface area contributed by atoms with Gasteiger partial charge in [-0.3, -0.25) is 4.79 Å². The largest absolute Gasteiger partial charge is 0.508 e. The fourth-order valence-electron chi connectivity index (χ4n) is 1.84. The van der Waals surface area contributed by atoms with Gasteiger partial charge in [-0.15, -0.1) is 0 Å². The van der Waals surface area contributed by atoms with Crippen LogP contribution >= 0.6 is 0 Å². The number of hydrogen-bond acceptors (Lipinski definition) is 3. The second-order valence-electron chi connectivity index (χ2n) is 4.26. The third-order valence-electron chi connectivity index (χ3n) is 2.66. The summed E-state index contributed by atoms with van der Waals surface area (Å²) in [6.07, 6.45) is 0. The quantitative estimate of drug-likeness (QED) is 0.800. The fourth-order valence-corrected chi connectivity index (χ4v) is 1.84. The topological polar surface area (TPSA) is 50.4 Å². The highest BCUT2D eigenvalue weighted by Crippen LogP contribution is 2.24. The highest BCUT2D eigenvalue weighted by molar-refractivity contribution is 5.78. The molecule has 3 heteroatoms. The van der Waals surface area contributed by atoms with Crippen LogP contribution in [0, 0.1) is 6.92 Å². The molecule has 2 aromatic rings. The third-order valence-corrected chi connectivity index (χ3v) is 2.66. The zero-order valence-corrected chi connectivity index (χ0v) is 9.57. The molecule has 0 aliphatic heterocycles. The van der Waals surface area contributed by atoms with Gasteiger partial charge in [-0.2, -0.15) is 0 Å². The summed E-state index contributed by atoms with van der Waals surface area (Å²) < 4.78 is 5.66. The first-order chi connectivity index (χ1) is 7.50. The van der Waals surface area contributed by atoms with E-state index < -0.39 is 0 Å². The van der Waals surface area contributed by atoms with E-state index in [1.807, 2.05) is 13.8 Å². The number of aromatic hydroxyl groups is 1. The van der Waals surface area contributed by atoms with Crippen molar-refractivity contribution in [2.45, 2.75) is 26.7 Å². The second kappa shape index (κ2) is 3.67. The molecule has 0 aliphatic carbocycles. The van der Waals surface area contributed by atoms with Crippen molar-refractivity contribution in [2.24, 2.45) is 0 Å². The van der Waals surface area contributed by atoms with Gasteiger partial charge in [0.2, 0.25) is 0 Å². The van der Waals surface area contributed by atoms with E-state index in [9.17, 15) is 9.90 Å². The molecular formula is C13H14O3. The molecule has 2 rings (SSSR count). The normalized spacial score (nSPS) is 11.2. The Morgan fingerprint density at radius 1 is 1.31 bits per heavy atom. The van der Waals surface area contributed by atoms with Crippen molar-refractivity contribution in [3.8, 4) is 5.75 Å². The van der Waals surface area contributed by atoms with Crippen LogP contribution < -0.4 is 5.43 Å². The van der Waals surface area contributed by atoms with E-state index >= 15 is 0 Å². The van der Waals surface area contributed by atoms with E-state index in [2.05, 4.69) is 0 Å². The minimum absolute atomic E-state index is 0.0232. The van der Waals surface area contributed by atoms with E-state index in [1.54, 1.807) is 13.0 Å². The molecule has 0 saturated carbocycles. The molecule has 0 spiro atoms. The van der Waals surface area contributed by atoms with Gasteiger partial charge in [0.15, 0.2) is 5.43 Å². The number of fused-ring (bicyclic) bond motifs is 1. The van der Waals surface area contributed by atoms with Gasteiger partial charge in [-0.1, -0.05) is 13.8 Å². The molecule has 1 N–H and O–H groups in total. The smallest absolute Gasteiger partial charge is 0.195 e. The Balaban J connectivity index is 2.89. The van der Waals surface area contributed by atoms with Gasteiger partial charge >= 0.3 is 0 Å². The first-order valence-electron chi connectivity index (χ1n) is 5.27. The lowest BCUT2D eigenvalue weighted by atomic mass is 10.0. The minimum Gasteiger partial charge on any atom is -0.508 e. The summed E-state index contributed by atoms with van der Waals surface area (Å²) in [7, 11) is 0. The van der Waals surface area contributed by atoms with E-state index in [1.165, 1.54) is 12.1 Å². The van der Waals surface area contributed by atoms with Crippen LogP contribution in [0.3, 0.4) is 0 Å². The van der Waals surface area contributed by atoms with E-state index in [0.717, 1.165) is 0 Å². The standard InChI is InChI=1S/C13H14O3/c1-7(2)13-8(3)12(15)10-5-4-9(14)6-11(10)16-13/h4-7,14H,1-3H3. The maximum atomic E-state index is 12.0. The van der Waals surface area contributed by atoms with Crippen LogP contribution in [-0.2, 0) is 0 Å². The SMILES string of the molecule is Cc1c(C(C)C)oc2cc(O)ccc2c1=O. The lowest BCUT2D eigenvalue weighted by Crippen LogP contribution is -2.09. The summed E-state index contributed by atoms with van der Waals surface area (Å²) in [4.78, 5) is 12.0. The monoisotopic (exact) mass is 218 g/mol. The molecule has 0 aliphatic rings. The fraction of sp³-hybridized carbons (Fsp3) is 0.308. The summed E-state index contributed by atoms with van der Waals surface area (Å²) in [5.74, 6) is 0.941. The Morgan fingerprint density at radius 2 is 2.00 bits per heavy atom.